The Hall–Kier alpha value is -1.35. The van der Waals surface area contributed by atoms with Gasteiger partial charge in [-0.1, -0.05) is 17.3 Å². The van der Waals surface area contributed by atoms with Crippen LogP contribution < -0.4 is 5.73 Å². The Morgan fingerprint density at radius 1 is 1.38 bits per heavy atom. The molecule has 0 aromatic heterocycles. The molecule has 3 N–H and O–H groups in total. The minimum atomic E-state index is 0.249. The first kappa shape index (κ1) is 9.74. The summed E-state index contributed by atoms with van der Waals surface area (Å²) in [6.45, 7) is 4.31. The van der Waals surface area contributed by atoms with Crippen LogP contribution in [0.3, 0.4) is 0 Å². The molecule has 0 bridgehead atoms. The van der Waals surface area contributed by atoms with E-state index < -0.39 is 0 Å². The van der Waals surface area contributed by atoms with Crippen LogP contribution in [0.4, 0.5) is 0 Å². The Balaban J connectivity index is 3.10. The molecule has 1 aromatic carbocycles. The lowest BCUT2D eigenvalue weighted by Gasteiger charge is -2.04. The summed E-state index contributed by atoms with van der Waals surface area (Å²) in [6.07, 6.45) is 0. The van der Waals surface area contributed by atoms with Gasteiger partial charge in [-0.25, -0.2) is 0 Å². The molecule has 0 saturated carbocycles. The van der Waals surface area contributed by atoms with E-state index in [1.54, 1.807) is 0 Å². The molecule has 0 spiro atoms. The minimum Gasteiger partial charge on any atom is -0.411 e. The van der Waals surface area contributed by atoms with Crippen LogP contribution >= 0.6 is 0 Å². The largest absolute Gasteiger partial charge is 0.411 e. The maximum atomic E-state index is 8.65. The van der Waals surface area contributed by atoms with Crippen LogP contribution in [-0.4, -0.2) is 17.5 Å². The number of aryl methyl sites for hydroxylation is 2. The highest BCUT2D eigenvalue weighted by molar-refractivity contribution is 6.01. The zero-order chi connectivity index (χ0) is 9.84. The van der Waals surface area contributed by atoms with Gasteiger partial charge in [0.15, 0.2) is 0 Å². The first-order chi connectivity index (χ1) is 6.19. The van der Waals surface area contributed by atoms with Gasteiger partial charge in [-0.3, -0.25) is 0 Å². The van der Waals surface area contributed by atoms with Crippen molar-refractivity contribution in [1.82, 2.24) is 0 Å². The average molecular weight is 178 g/mol. The number of oxime groups is 1. The molecule has 0 aliphatic rings. The van der Waals surface area contributed by atoms with Crippen molar-refractivity contribution in [3.05, 3.63) is 34.9 Å². The predicted octanol–water partition coefficient (Wildman–Crippen LogP) is 1.44. The van der Waals surface area contributed by atoms with Crippen molar-refractivity contribution in [2.45, 2.75) is 13.8 Å². The van der Waals surface area contributed by atoms with Crippen molar-refractivity contribution in [2.75, 3.05) is 6.54 Å². The van der Waals surface area contributed by atoms with Crippen molar-refractivity contribution in [3.63, 3.8) is 0 Å². The van der Waals surface area contributed by atoms with Crippen LogP contribution in [-0.2, 0) is 0 Å². The van der Waals surface area contributed by atoms with Crippen molar-refractivity contribution >= 4 is 5.71 Å². The summed E-state index contributed by atoms with van der Waals surface area (Å²) in [5, 5.41) is 11.8. The second-order valence-electron chi connectivity index (χ2n) is 3.05. The summed E-state index contributed by atoms with van der Waals surface area (Å²) in [6, 6.07) is 5.87. The molecule has 13 heavy (non-hydrogen) atoms. The molecule has 3 nitrogen and oxygen atoms in total. The smallest absolute Gasteiger partial charge is 0.100 e. The Bertz CT molecular complexity index is 332. The van der Waals surface area contributed by atoms with Gasteiger partial charge in [0.2, 0.25) is 0 Å². The molecule has 0 radical (unpaired) electrons. The predicted molar refractivity (Wildman–Crippen MR) is 53.3 cm³/mol. The molecule has 0 heterocycles. The third-order valence-electron chi connectivity index (χ3n) is 2.15. The monoisotopic (exact) mass is 178 g/mol. The average Bonchev–Trinajstić information content (AvgIpc) is 2.13. The SMILES string of the molecule is Cc1ccc(C(CN)=NO)cc1C. The Kier molecular flexibility index (Phi) is 3.03. The van der Waals surface area contributed by atoms with Crippen molar-refractivity contribution in [1.29, 1.82) is 0 Å². The number of benzene rings is 1. The fraction of sp³-hybridized carbons (Fsp3) is 0.300. The van der Waals surface area contributed by atoms with Crippen LogP contribution in [0.1, 0.15) is 16.7 Å². The van der Waals surface area contributed by atoms with Gasteiger partial charge in [0.05, 0.1) is 0 Å². The topological polar surface area (TPSA) is 58.6 Å². The second kappa shape index (κ2) is 4.05. The Morgan fingerprint density at radius 3 is 2.54 bits per heavy atom. The van der Waals surface area contributed by atoms with Gasteiger partial charge in [0.25, 0.3) is 0 Å². The molecular formula is C10H14N2O. The third kappa shape index (κ3) is 2.06. The maximum absolute atomic E-state index is 8.65. The van der Waals surface area contributed by atoms with Crippen LogP contribution in [0.2, 0.25) is 0 Å². The van der Waals surface area contributed by atoms with E-state index in [-0.39, 0.29) is 6.54 Å². The van der Waals surface area contributed by atoms with Gasteiger partial charge < -0.3 is 10.9 Å². The maximum Gasteiger partial charge on any atom is 0.100 e. The standard InChI is InChI=1S/C10H14N2O/c1-7-3-4-9(5-8(7)2)10(6-11)12-13/h3-5,13H,6,11H2,1-2H3. The van der Waals surface area contributed by atoms with Gasteiger partial charge in [0, 0.05) is 12.1 Å². The lowest BCUT2D eigenvalue weighted by atomic mass is 10.0. The van der Waals surface area contributed by atoms with E-state index in [0.29, 0.717) is 5.71 Å². The van der Waals surface area contributed by atoms with Gasteiger partial charge in [-0.2, -0.15) is 0 Å². The first-order valence-electron chi connectivity index (χ1n) is 4.17. The third-order valence-corrected chi connectivity index (χ3v) is 2.15. The molecule has 0 aliphatic carbocycles. The number of rotatable bonds is 2. The van der Waals surface area contributed by atoms with E-state index in [1.807, 2.05) is 32.0 Å². The number of hydrogen-bond acceptors (Lipinski definition) is 3. The van der Waals surface area contributed by atoms with E-state index >= 15 is 0 Å². The fourth-order valence-corrected chi connectivity index (χ4v) is 1.14. The zero-order valence-electron chi connectivity index (χ0n) is 7.91. The molecule has 0 atom stereocenters. The minimum absolute atomic E-state index is 0.249. The molecular weight excluding hydrogens is 164 g/mol. The van der Waals surface area contributed by atoms with Crippen molar-refractivity contribution in [2.24, 2.45) is 10.9 Å². The quantitative estimate of drug-likeness (QED) is 0.409. The van der Waals surface area contributed by atoms with Crippen LogP contribution in [0, 0.1) is 13.8 Å². The molecule has 3 heteroatoms. The number of nitrogens with zero attached hydrogens (tertiary/aromatic N) is 1. The second-order valence-corrected chi connectivity index (χ2v) is 3.05. The summed E-state index contributed by atoms with van der Waals surface area (Å²) in [5.41, 5.74) is 9.21. The Morgan fingerprint density at radius 2 is 2.08 bits per heavy atom. The summed E-state index contributed by atoms with van der Waals surface area (Å²) < 4.78 is 0. The molecule has 1 aromatic rings. The summed E-state index contributed by atoms with van der Waals surface area (Å²) in [5.74, 6) is 0. The highest BCUT2D eigenvalue weighted by Crippen LogP contribution is 2.10. The first-order valence-corrected chi connectivity index (χ1v) is 4.17. The Labute approximate surface area is 77.9 Å². The highest BCUT2D eigenvalue weighted by Gasteiger charge is 2.02. The van der Waals surface area contributed by atoms with Crippen molar-refractivity contribution < 1.29 is 5.21 Å². The molecule has 0 saturated heterocycles. The van der Waals surface area contributed by atoms with E-state index in [4.69, 9.17) is 10.9 Å². The molecule has 0 fully saturated rings. The van der Waals surface area contributed by atoms with Gasteiger partial charge in [0.1, 0.15) is 5.71 Å². The molecule has 1 rings (SSSR count). The molecule has 70 valence electrons. The summed E-state index contributed by atoms with van der Waals surface area (Å²) in [4.78, 5) is 0. The van der Waals surface area contributed by atoms with Gasteiger partial charge in [-0.05, 0) is 31.0 Å². The van der Waals surface area contributed by atoms with Crippen LogP contribution in [0.5, 0.6) is 0 Å². The van der Waals surface area contributed by atoms with Crippen molar-refractivity contribution in [3.8, 4) is 0 Å². The van der Waals surface area contributed by atoms with Gasteiger partial charge >= 0.3 is 0 Å². The summed E-state index contributed by atoms with van der Waals surface area (Å²) in [7, 11) is 0. The normalized spacial score (nSPS) is 11.8. The van der Waals surface area contributed by atoms with Crippen LogP contribution in [0.25, 0.3) is 0 Å². The zero-order valence-corrected chi connectivity index (χ0v) is 7.91. The van der Waals surface area contributed by atoms with Gasteiger partial charge in [-0.15, -0.1) is 0 Å². The van der Waals surface area contributed by atoms with E-state index in [2.05, 4.69) is 5.16 Å². The molecule has 0 aliphatic heterocycles. The lowest BCUT2D eigenvalue weighted by Crippen LogP contribution is -2.15. The number of hydrogen-bond donors (Lipinski definition) is 2. The number of nitrogens with two attached hydrogens (primary N) is 1. The fourth-order valence-electron chi connectivity index (χ4n) is 1.14. The molecule has 0 unspecified atom stereocenters. The van der Waals surface area contributed by atoms with Crippen LogP contribution in [0.15, 0.2) is 23.4 Å². The summed E-state index contributed by atoms with van der Waals surface area (Å²) >= 11 is 0. The van der Waals surface area contributed by atoms with E-state index in [1.165, 1.54) is 11.1 Å². The molecule has 0 amide bonds. The van der Waals surface area contributed by atoms with E-state index in [0.717, 1.165) is 5.56 Å². The lowest BCUT2D eigenvalue weighted by molar-refractivity contribution is 0.318. The van der Waals surface area contributed by atoms with E-state index in [9.17, 15) is 0 Å². The highest BCUT2D eigenvalue weighted by atomic mass is 16.4.